The first kappa shape index (κ1) is 14.2. The lowest BCUT2D eigenvalue weighted by Crippen LogP contribution is -2.30. The summed E-state index contributed by atoms with van der Waals surface area (Å²) in [6.07, 6.45) is 5.22. The van der Waals surface area contributed by atoms with Crippen LogP contribution in [-0.4, -0.2) is 28.2 Å². The molecule has 0 spiro atoms. The number of H-pyrrole nitrogens is 1. The van der Waals surface area contributed by atoms with E-state index < -0.39 is 0 Å². The SMILES string of the molecule is CCC(CSC)NCc1cn[nH]c1-c1ccccc1. The van der Waals surface area contributed by atoms with Gasteiger partial charge in [0.1, 0.15) is 0 Å². The zero-order valence-electron chi connectivity index (χ0n) is 11.5. The van der Waals surface area contributed by atoms with Gasteiger partial charge in [-0.15, -0.1) is 0 Å². The molecule has 102 valence electrons. The molecule has 0 saturated heterocycles. The Bertz CT molecular complexity index is 481. The number of nitrogens with zero attached hydrogens (tertiary/aromatic N) is 1. The van der Waals surface area contributed by atoms with Crippen molar-refractivity contribution in [3.8, 4) is 11.3 Å². The fourth-order valence-electron chi connectivity index (χ4n) is 2.08. The number of thioether (sulfide) groups is 1. The molecule has 1 unspecified atom stereocenters. The van der Waals surface area contributed by atoms with Gasteiger partial charge in [0.15, 0.2) is 0 Å². The Morgan fingerprint density at radius 1 is 1.32 bits per heavy atom. The second-order valence-electron chi connectivity index (χ2n) is 4.58. The molecule has 1 heterocycles. The Kier molecular flexibility index (Phi) is 5.48. The Hall–Kier alpha value is -1.26. The average Bonchev–Trinajstić information content (AvgIpc) is 2.93. The van der Waals surface area contributed by atoms with Gasteiger partial charge in [-0.25, -0.2) is 0 Å². The lowest BCUT2D eigenvalue weighted by atomic mass is 10.1. The Labute approximate surface area is 119 Å². The van der Waals surface area contributed by atoms with Gasteiger partial charge in [-0.1, -0.05) is 37.3 Å². The molecule has 1 aromatic carbocycles. The van der Waals surface area contributed by atoms with Gasteiger partial charge < -0.3 is 5.32 Å². The molecule has 1 atom stereocenters. The van der Waals surface area contributed by atoms with E-state index in [0.717, 1.165) is 24.4 Å². The van der Waals surface area contributed by atoms with E-state index in [2.05, 4.69) is 53.0 Å². The van der Waals surface area contributed by atoms with Crippen LogP contribution >= 0.6 is 11.8 Å². The molecule has 19 heavy (non-hydrogen) atoms. The van der Waals surface area contributed by atoms with Crippen molar-refractivity contribution in [1.29, 1.82) is 0 Å². The van der Waals surface area contributed by atoms with Gasteiger partial charge >= 0.3 is 0 Å². The molecule has 0 bridgehead atoms. The smallest absolute Gasteiger partial charge is 0.0695 e. The maximum Gasteiger partial charge on any atom is 0.0695 e. The van der Waals surface area contributed by atoms with Crippen LogP contribution in [0.5, 0.6) is 0 Å². The van der Waals surface area contributed by atoms with E-state index in [9.17, 15) is 0 Å². The highest BCUT2D eigenvalue weighted by molar-refractivity contribution is 7.98. The minimum Gasteiger partial charge on any atom is -0.309 e. The first-order valence-electron chi connectivity index (χ1n) is 6.65. The molecule has 0 fully saturated rings. The van der Waals surface area contributed by atoms with Gasteiger partial charge in [-0.2, -0.15) is 16.9 Å². The molecule has 0 aliphatic heterocycles. The summed E-state index contributed by atoms with van der Waals surface area (Å²) in [7, 11) is 0. The fraction of sp³-hybridized carbons (Fsp3) is 0.400. The molecule has 4 heteroatoms. The monoisotopic (exact) mass is 275 g/mol. The first-order chi connectivity index (χ1) is 9.35. The predicted molar refractivity (Wildman–Crippen MR) is 83.3 cm³/mol. The van der Waals surface area contributed by atoms with E-state index in [1.807, 2.05) is 24.0 Å². The van der Waals surface area contributed by atoms with Crippen LogP contribution in [-0.2, 0) is 6.54 Å². The van der Waals surface area contributed by atoms with Crippen molar-refractivity contribution < 1.29 is 0 Å². The second-order valence-corrected chi connectivity index (χ2v) is 5.49. The molecular weight excluding hydrogens is 254 g/mol. The summed E-state index contributed by atoms with van der Waals surface area (Å²) in [6, 6.07) is 10.9. The third kappa shape index (κ3) is 3.85. The molecule has 0 aliphatic carbocycles. The van der Waals surface area contributed by atoms with Crippen LogP contribution in [0.15, 0.2) is 36.5 Å². The van der Waals surface area contributed by atoms with Crippen molar-refractivity contribution in [3.05, 3.63) is 42.1 Å². The summed E-state index contributed by atoms with van der Waals surface area (Å²) < 4.78 is 0. The normalized spacial score (nSPS) is 12.5. The second kappa shape index (κ2) is 7.36. The topological polar surface area (TPSA) is 40.7 Å². The highest BCUT2D eigenvalue weighted by atomic mass is 32.2. The van der Waals surface area contributed by atoms with Crippen LogP contribution in [0.2, 0.25) is 0 Å². The average molecular weight is 275 g/mol. The van der Waals surface area contributed by atoms with Crippen LogP contribution in [0.3, 0.4) is 0 Å². The predicted octanol–water partition coefficient (Wildman–Crippen LogP) is 3.31. The zero-order valence-corrected chi connectivity index (χ0v) is 12.3. The van der Waals surface area contributed by atoms with E-state index >= 15 is 0 Å². The summed E-state index contributed by atoms with van der Waals surface area (Å²) in [6.45, 7) is 3.08. The van der Waals surface area contributed by atoms with Crippen LogP contribution in [0.1, 0.15) is 18.9 Å². The molecule has 0 saturated carbocycles. The van der Waals surface area contributed by atoms with Gasteiger partial charge in [0.25, 0.3) is 0 Å². The lowest BCUT2D eigenvalue weighted by molar-refractivity contribution is 0.542. The van der Waals surface area contributed by atoms with E-state index in [1.165, 1.54) is 11.1 Å². The minimum atomic E-state index is 0.563. The lowest BCUT2D eigenvalue weighted by Gasteiger charge is -2.15. The van der Waals surface area contributed by atoms with Gasteiger partial charge in [0, 0.05) is 23.9 Å². The Morgan fingerprint density at radius 2 is 2.11 bits per heavy atom. The molecule has 3 nitrogen and oxygen atoms in total. The molecule has 2 N–H and O–H groups in total. The number of benzene rings is 1. The number of hydrogen-bond acceptors (Lipinski definition) is 3. The van der Waals surface area contributed by atoms with Crippen molar-refractivity contribution >= 4 is 11.8 Å². The van der Waals surface area contributed by atoms with Gasteiger partial charge in [0.05, 0.1) is 11.9 Å². The highest BCUT2D eigenvalue weighted by Gasteiger charge is 2.09. The number of aromatic amines is 1. The van der Waals surface area contributed by atoms with Crippen LogP contribution in [0.25, 0.3) is 11.3 Å². The van der Waals surface area contributed by atoms with E-state index in [0.29, 0.717) is 6.04 Å². The van der Waals surface area contributed by atoms with Crippen molar-refractivity contribution in [2.75, 3.05) is 12.0 Å². The molecule has 0 radical (unpaired) electrons. The van der Waals surface area contributed by atoms with Crippen LogP contribution in [0, 0.1) is 0 Å². The zero-order chi connectivity index (χ0) is 13.5. The molecule has 2 aromatic rings. The summed E-state index contributed by atoms with van der Waals surface area (Å²) in [5.74, 6) is 1.15. The summed E-state index contributed by atoms with van der Waals surface area (Å²) in [5, 5.41) is 10.9. The summed E-state index contributed by atoms with van der Waals surface area (Å²) in [4.78, 5) is 0. The first-order valence-corrected chi connectivity index (χ1v) is 8.04. The maximum absolute atomic E-state index is 4.18. The Morgan fingerprint density at radius 3 is 2.79 bits per heavy atom. The molecule has 1 aromatic heterocycles. The Balaban J connectivity index is 2.04. The van der Waals surface area contributed by atoms with E-state index in [4.69, 9.17) is 0 Å². The van der Waals surface area contributed by atoms with Crippen molar-refractivity contribution in [3.63, 3.8) is 0 Å². The molecule has 0 aliphatic rings. The van der Waals surface area contributed by atoms with Crippen molar-refractivity contribution in [1.82, 2.24) is 15.5 Å². The van der Waals surface area contributed by atoms with E-state index in [1.54, 1.807) is 0 Å². The third-order valence-electron chi connectivity index (χ3n) is 3.22. The number of hydrogen-bond donors (Lipinski definition) is 2. The fourth-order valence-corrected chi connectivity index (χ4v) is 2.83. The van der Waals surface area contributed by atoms with Crippen molar-refractivity contribution in [2.45, 2.75) is 25.9 Å². The van der Waals surface area contributed by atoms with Gasteiger partial charge in [-0.3, -0.25) is 5.10 Å². The molecule has 0 amide bonds. The quantitative estimate of drug-likeness (QED) is 0.814. The molecule has 2 rings (SSSR count). The van der Waals surface area contributed by atoms with Crippen LogP contribution in [0.4, 0.5) is 0 Å². The number of aromatic nitrogens is 2. The minimum absolute atomic E-state index is 0.563. The number of nitrogens with one attached hydrogen (secondary N) is 2. The summed E-state index contributed by atoms with van der Waals surface area (Å²) >= 11 is 1.89. The third-order valence-corrected chi connectivity index (χ3v) is 3.96. The number of rotatable bonds is 7. The summed E-state index contributed by atoms with van der Waals surface area (Å²) in [5.41, 5.74) is 3.53. The standard InChI is InChI=1S/C15H21N3S/c1-3-14(11-19-2)16-9-13-10-17-18-15(13)12-7-5-4-6-8-12/h4-8,10,14,16H,3,9,11H2,1-2H3,(H,17,18). The van der Waals surface area contributed by atoms with E-state index in [-0.39, 0.29) is 0 Å². The maximum atomic E-state index is 4.18. The largest absolute Gasteiger partial charge is 0.309 e. The highest BCUT2D eigenvalue weighted by Crippen LogP contribution is 2.20. The molecular formula is C15H21N3S. The van der Waals surface area contributed by atoms with Gasteiger partial charge in [-0.05, 0) is 18.2 Å². The van der Waals surface area contributed by atoms with Gasteiger partial charge in [0.2, 0.25) is 0 Å². The van der Waals surface area contributed by atoms with Crippen molar-refractivity contribution in [2.24, 2.45) is 0 Å². The van der Waals surface area contributed by atoms with Crippen LogP contribution < -0.4 is 5.32 Å².